The van der Waals surface area contributed by atoms with Crippen molar-refractivity contribution in [3.05, 3.63) is 35.4 Å². The Morgan fingerprint density at radius 2 is 1.50 bits per heavy atom. The summed E-state index contributed by atoms with van der Waals surface area (Å²) in [5, 5.41) is 0.0560. The van der Waals surface area contributed by atoms with Crippen LogP contribution in [0.5, 0.6) is 0 Å². The smallest absolute Gasteiger partial charge is 0.267 e. The first kappa shape index (κ1) is 12.1. The molecule has 1 aromatic carbocycles. The zero-order chi connectivity index (χ0) is 13.5. The number of carbonyl (C=O) groups is 3. The van der Waals surface area contributed by atoms with E-state index in [1.165, 1.54) is 29.7 Å². The van der Waals surface area contributed by atoms with Crippen LogP contribution in [-0.2, 0) is 4.79 Å². The molecular formula is C10H5F3N2O3. The summed E-state index contributed by atoms with van der Waals surface area (Å²) in [4.78, 5) is 33.9. The fraction of sp³-hybridized carbons (Fsp3) is 0.100. The predicted octanol–water partition coefficient (Wildman–Crippen LogP) is 0.876. The van der Waals surface area contributed by atoms with Gasteiger partial charge in [0, 0.05) is 0 Å². The Kier molecular flexibility index (Phi) is 2.57. The van der Waals surface area contributed by atoms with E-state index in [9.17, 15) is 27.6 Å². The minimum Gasteiger partial charge on any atom is -0.267 e. The molecule has 3 amide bonds. The van der Waals surface area contributed by atoms with Gasteiger partial charge in [-0.15, -0.1) is 0 Å². The minimum atomic E-state index is -5.17. The van der Waals surface area contributed by atoms with E-state index < -0.39 is 23.9 Å². The Balaban J connectivity index is 2.27. The monoisotopic (exact) mass is 259 g/mol. The van der Waals surface area contributed by atoms with Gasteiger partial charge in [-0.25, -0.2) is 5.43 Å². The van der Waals surface area contributed by atoms with Crippen molar-refractivity contribution in [2.45, 2.75) is 6.18 Å². The highest BCUT2D eigenvalue weighted by Crippen LogP contribution is 2.22. The maximum absolute atomic E-state index is 12.0. The summed E-state index contributed by atoms with van der Waals surface area (Å²) in [6.07, 6.45) is -5.17. The van der Waals surface area contributed by atoms with Crippen molar-refractivity contribution in [3.63, 3.8) is 0 Å². The third kappa shape index (κ3) is 1.81. The van der Waals surface area contributed by atoms with Crippen molar-refractivity contribution in [1.82, 2.24) is 10.4 Å². The Morgan fingerprint density at radius 3 is 1.89 bits per heavy atom. The second kappa shape index (κ2) is 3.83. The second-order valence-electron chi connectivity index (χ2n) is 3.43. The van der Waals surface area contributed by atoms with Crippen LogP contribution in [-0.4, -0.2) is 28.9 Å². The maximum atomic E-state index is 12.0. The lowest BCUT2D eigenvalue weighted by molar-refractivity contribution is -0.176. The molecule has 0 atom stereocenters. The van der Waals surface area contributed by atoms with Crippen LogP contribution in [0, 0.1) is 0 Å². The van der Waals surface area contributed by atoms with Crippen LogP contribution >= 0.6 is 0 Å². The molecule has 0 spiro atoms. The summed E-state index contributed by atoms with van der Waals surface area (Å²) >= 11 is 0. The summed E-state index contributed by atoms with van der Waals surface area (Å²) in [6, 6.07) is 5.49. The number of fused-ring (bicyclic) bond motifs is 1. The summed E-state index contributed by atoms with van der Waals surface area (Å²) in [5.41, 5.74) is 1.13. The van der Waals surface area contributed by atoms with E-state index in [1.54, 1.807) is 0 Å². The molecule has 1 aliphatic rings. The van der Waals surface area contributed by atoms with Crippen molar-refractivity contribution in [2.75, 3.05) is 0 Å². The highest BCUT2D eigenvalue weighted by atomic mass is 19.4. The number of hydrogen-bond donors (Lipinski definition) is 1. The molecule has 0 unspecified atom stereocenters. The number of hydrazine groups is 1. The Labute approximate surface area is 98.1 Å². The summed E-state index contributed by atoms with van der Waals surface area (Å²) in [7, 11) is 0. The molecule has 1 aromatic rings. The number of carbonyl (C=O) groups excluding carboxylic acids is 3. The topological polar surface area (TPSA) is 66.5 Å². The highest BCUT2D eigenvalue weighted by molar-refractivity contribution is 6.21. The van der Waals surface area contributed by atoms with Gasteiger partial charge in [0.2, 0.25) is 0 Å². The third-order valence-corrected chi connectivity index (χ3v) is 2.26. The molecule has 1 N–H and O–H groups in total. The highest BCUT2D eigenvalue weighted by Gasteiger charge is 2.44. The summed E-state index contributed by atoms with van der Waals surface area (Å²) in [6.45, 7) is 0. The lowest BCUT2D eigenvalue weighted by Gasteiger charge is -2.15. The molecule has 0 aromatic heterocycles. The number of halogens is 3. The van der Waals surface area contributed by atoms with Gasteiger partial charge >= 0.3 is 12.1 Å². The van der Waals surface area contributed by atoms with Gasteiger partial charge in [0.05, 0.1) is 11.1 Å². The number of nitrogens with zero attached hydrogens (tertiary/aromatic N) is 1. The lowest BCUT2D eigenvalue weighted by atomic mass is 10.1. The molecule has 0 aliphatic carbocycles. The predicted molar refractivity (Wildman–Crippen MR) is 51.1 cm³/mol. The number of alkyl halides is 3. The van der Waals surface area contributed by atoms with Crippen LogP contribution in [0.2, 0.25) is 0 Å². The quantitative estimate of drug-likeness (QED) is 0.601. The van der Waals surface area contributed by atoms with Crippen molar-refractivity contribution in [2.24, 2.45) is 0 Å². The fourth-order valence-electron chi connectivity index (χ4n) is 1.46. The van der Waals surface area contributed by atoms with Gasteiger partial charge in [0.25, 0.3) is 11.8 Å². The number of imide groups is 1. The van der Waals surface area contributed by atoms with Crippen LogP contribution in [0.1, 0.15) is 20.7 Å². The molecule has 0 radical (unpaired) electrons. The average Bonchev–Trinajstić information content (AvgIpc) is 2.54. The molecule has 1 aliphatic heterocycles. The van der Waals surface area contributed by atoms with Crippen LogP contribution in [0.4, 0.5) is 13.2 Å². The van der Waals surface area contributed by atoms with Crippen molar-refractivity contribution >= 4 is 17.7 Å². The van der Waals surface area contributed by atoms with E-state index in [-0.39, 0.29) is 16.1 Å². The Hall–Kier alpha value is -2.38. The number of rotatable bonds is 1. The SMILES string of the molecule is O=C1c2ccccc2C(=O)[15N]1NC(=O)C(F)(F)F. The molecule has 1 heterocycles. The molecular weight excluding hydrogens is 254 g/mol. The van der Waals surface area contributed by atoms with Gasteiger partial charge in [0.1, 0.15) is 0 Å². The number of nitrogens with one attached hydrogen (secondary N) is 1. The number of benzene rings is 1. The first-order valence-electron chi connectivity index (χ1n) is 4.68. The first-order valence-corrected chi connectivity index (χ1v) is 4.68. The first-order chi connectivity index (χ1) is 8.32. The van der Waals surface area contributed by atoms with Crippen LogP contribution in [0.3, 0.4) is 0 Å². The second-order valence-corrected chi connectivity index (χ2v) is 3.43. The maximum Gasteiger partial charge on any atom is 0.472 e. The molecule has 0 saturated heterocycles. The lowest BCUT2D eigenvalue weighted by Crippen LogP contribution is -2.50. The summed E-state index contributed by atoms with van der Waals surface area (Å²) < 4.78 is 36.1. The molecule has 94 valence electrons. The molecule has 8 heteroatoms. The number of hydrogen-bond acceptors (Lipinski definition) is 3. The summed E-state index contributed by atoms with van der Waals surface area (Å²) in [5.74, 6) is -4.36. The molecule has 0 bridgehead atoms. The van der Waals surface area contributed by atoms with Gasteiger partial charge in [-0.1, -0.05) is 12.1 Å². The zero-order valence-electron chi connectivity index (χ0n) is 8.62. The van der Waals surface area contributed by atoms with E-state index in [4.69, 9.17) is 0 Å². The van der Waals surface area contributed by atoms with Gasteiger partial charge in [-0.2, -0.15) is 18.2 Å². The van der Waals surface area contributed by atoms with E-state index in [1.807, 2.05) is 0 Å². The van der Waals surface area contributed by atoms with Crippen LogP contribution < -0.4 is 5.43 Å². The van der Waals surface area contributed by atoms with E-state index in [2.05, 4.69) is 0 Å². The van der Waals surface area contributed by atoms with Gasteiger partial charge in [-0.3, -0.25) is 14.4 Å². The Bertz CT molecular complexity index is 519. The van der Waals surface area contributed by atoms with Crippen LogP contribution in [0.15, 0.2) is 24.3 Å². The van der Waals surface area contributed by atoms with Crippen LogP contribution in [0.25, 0.3) is 0 Å². The van der Waals surface area contributed by atoms with Crippen molar-refractivity contribution < 1.29 is 27.6 Å². The average molecular weight is 259 g/mol. The largest absolute Gasteiger partial charge is 0.472 e. The van der Waals surface area contributed by atoms with E-state index in [0.29, 0.717) is 0 Å². The third-order valence-electron chi connectivity index (χ3n) is 2.26. The molecule has 18 heavy (non-hydrogen) atoms. The Morgan fingerprint density at radius 1 is 1.06 bits per heavy atom. The van der Waals surface area contributed by atoms with Gasteiger partial charge < -0.3 is 0 Å². The van der Waals surface area contributed by atoms with E-state index in [0.717, 1.165) is 0 Å². The minimum absolute atomic E-state index is 0.0509. The molecule has 0 fully saturated rings. The van der Waals surface area contributed by atoms with Gasteiger partial charge in [0.15, 0.2) is 0 Å². The van der Waals surface area contributed by atoms with E-state index >= 15 is 0 Å². The zero-order valence-corrected chi connectivity index (χ0v) is 8.62. The van der Waals surface area contributed by atoms with Crippen molar-refractivity contribution in [1.29, 1.82) is 0 Å². The molecule has 0 saturated carbocycles. The number of amides is 3. The molecule has 5 nitrogen and oxygen atoms in total. The normalized spacial score (nSPS) is 14.7. The van der Waals surface area contributed by atoms with Crippen molar-refractivity contribution in [3.8, 4) is 0 Å². The fourth-order valence-corrected chi connectivity index (χ4v) is 1.46. The van der Waals surface area contributed by atoms with Gasteiger partial charge in [-0.05, 0) is 12.1 Å². The molecule has 2 rings (SSSR count). The standard InChI is InChI=1S/C10H5F3N2O3/c11-10(12,13)9(18)14-15-7(16)5-3-1-2-4-6(5)8(15)17/h1-4H,(H,14,18)/i15+1.